The zero-order valence-electron chi connectivity index (χ0n) is 10.2. The Hall–Kier alpha value is -0.600. The second kappa shape index (κ2) is 6.71. The molecule has 0 heterocycles. The molecule has 0 saturated heterocycles. The maximum atomic E-state index is 12.7. The zero-order valence-corrected chi connectivity index (χ0v) is 10.2. The first-order chi connectivity index (χ1) is 8.37. The van der Waals surface area contributed by atoms with Crippen LogP contribution in [0, 0.1) is 11.8 Å². The Morgan fingerprint density at radius 1 is 0.737 bits per heavy atom. The summed E-state index contributed by atoms with van der Waals surface area (Å²) in [5.41, 5.74) is 0. The Morgan fingerprint density at radius 2 is 1.00 bits per heavy atom. The van der Waals surface area contributed by atoms with Crippen molar-refractivity contribution in [1.29, 1.82) is 0 Å². The highest BCUT2D eigenvalue weighted by atomic mass is 19.4. The van der Waals surface area contributed by atoms with Crippen LogP contribution in [0.3, 0.4) is 0 Å². The van der Waals surface area contributed by atoms with Crippen molar-refractivity contribution in [3.63, 3.8) is 0 Å². The van der Waals surface area contributed by atoms with Gasteiger partial charge in [0.15, 0.2) is 12.3 Å². The van der Waals surface area contributed by atoms with Crippen LogP contribution in [0.25, 0.3) is 0 Å². The van der Waals surface area contributed by atoms with E-state index >= 15 is 0 Å². The first-order valence-electron chi connectivity index (χ1n) is 5.36. The molecule has 0 aromatic carbocycles. The molecule has 0 aromatic rings. The summed E-state index contributed by atoms with van der Waals surface area (Å²) in [4.78, 5) is 0. The molecule has 9 heteroatoms. The first-order valence-corrected chi connectivity index (χ1v) is 5.36. The van der Waals surface area contributed by atoms with Gasteiger partial charge >= 0.3 is 12.4 Å². The maximum absolute atomic E-state index is 12.7. The van der Waals surface area contributed by atoms with Crippen LogP contribution in [0.5, 0.6) is 0 Å². The predicted octanol–water partition coefficient (Wildman–Crippen LogP) is 4.08. The van der Waals surface area contributed by atoms with Crippen LogP contribution >= 0.6 is 0 Å². The molecule has 0 radical (unpaired) electrons. The molecule has 0 bridgehead atoms. The Balaban J connectivity index is 4.11. The number of alkyl halides is 8. The molecule has 0 rings (SSSR count). The molecule has 0 aromatic heterocycles. The normalized spacial score (nSPS) is 19.9. The van der Waals surface area contributed by atoms with E-state index in [1.54, 1.807) is 0 Å². The van der Waals surface area contributed by atoms with Crippen LogP contribution in [0.1, 0.15) is 13.8 Å². The summed E-state index contributed by atoms with van der Waals surface area (Å²) in [6.07, 6.45) is -16.4. The van der Waals surface area contributed by atoms with Crippen LogP contribution in [0.15, 0.2) is 0 Å². The van der Waals surface area contributed by atoms with Crippen LogP contribution in [-0.4, -0.2) is 37.9 Å². The summed E-state index contributed by atoms with van der Waals surface area (Å²) in [6, 6.07) is 0. The van der Waals surface area contributed by atoms with Gasteiger partial charge in [-0.1, -0.05) is 13.8 Å². The van der Waals surface area contributed by atoms with E-state index in [0.717, 1.165) is 13.8 Å². The minimum Gasteiger partial charge on any atom is -0.381 e. The quantitative estimate of drug-likeness (QED) is 0.672. The average molecular weight is 302 g/mol. The Bertz CT molecular complexity index is 235. The van der Waals surface area contributed by atoms with Gasteiger partial charge in [0.2, 0.25) is 0 Å². The fourth-order valence-electron chi connectivity index (χ4n) is 1.25. The van der Waals surface area contributed by atoms with Gasteiger partial charge in [-0.2, -0.15) is 26.3 Å². The molecule has 0 spiro atoms. The molecule has 0 amide bonds. The molecule has 4 atom stereocenters. The molecule has 0 fully saturated rings. The van der Waals surface area contributed by atoms with Crippen molar-refractivity contribution >= 4 is 0 Å². The summed E-state index contributed by atoms with van der Waals surface area (Å²) in [6.45, 7) is 0.324. The van der Waals surface area contributed by atoms with Crippen LogP contribution in [0.2, 0.25) is 0 Å². The predicted molar refractivity (Wildman–Crippen MR) is 51.0 cm³/mol. The molecular formula is C10H14F8O. The minimum absolute atomic E-state index is 0.740. The lowest BCUT2D eigenvalue weighted by atomic mass is 10.1. The molecular weight excluding hydrogens is 288 g/mol. The van der Waals surface area contributed by atoms with Crippen molar-refractivity contribution in [3.8, 4) is 0 Å². The first kappa shape index (κ1) is 18.4. The fourth-order valence-corrected chi connectivity index (χ4v) is 1.25. The number of rotatable bonds is 6. The van der Waals surface area contributed by atoms with E-state index in [-0.39, 0.29) is 0 Å². The number of halogens is 8. The average Bonchev–Trinajstić information content (AvgIpc) is 2.23. The maximum Gasteiger partial charge on any atom is 0.420 e. The SMILES string of the molecule is CC(COCC(C)C(F)C(F)(F)F)C(F)C(F)(F)F. The minimum atomic E-state index is -5.05. The van der Waals surface area contributed by atoms with Crippen LogP contribution in [-0.2, 0) is 4.74 Å². The second-order valence-electron chi connectivity index (χ2n) is 4.38. The summed E-state index contributed by atoms with van der Waals surface area (Å²) < 4.78 is 102. The molecule has 0 N–H and O–H groups in total. The Kier molecular flexibility index (Phi) is 6.50. The van der Waals surface area contributed by atoms with Gasteiger partial charge in [-0.15, -0.1) is 0 Å². The van der Waals surface area contributed by atoms with E-state index in [1.807, 2.05) is 0 Å². The summed E-state index contributed by atoms with van der Waals surface area (Å²) in [7, 11) is 0. The van der Waals surface area contributed by atoms with Gasteiger partial charge in [0.05, 0.1) is 13.2 Å². The van der Waals surface area contributed by atoms with Crippen molar-refractivity contribution in [2.24, 2.45) is 11.8 Å². The third-order valence-electron chi connectivity index (χ3n) is 2.39. The molecule has 0 aliphatic rings. The lowest BCUT2D eigenvalue weighted by Gasteiger charge is -2.22. The highest BCUT2D eigenvalue weighted by Crippen LogP contribution is 2.30. The highest BCUT2D eigenvalue weighted by molar-refractivity contribution is 4.74. The fraction of sp³-hybridized carbons (Fsp3) is 1.00. The molecule has 116 valence electrons. The zero-order chi connectivity index (χ0) is 15.4. The largest absolute Gasteiger partial charge is 0.420 e. The van der Waals surface area contributed by atoms with Crippen molar-refractivity contribution in [2.45, 2.75) is 38.5 Å². The van der Waals surface area contributed by atoms with Crippen LogP contribution < -0.4 is 0 Å². The standard InChI is InChI=1S/C10H14F8O/c1-5(7(11)9(13,14)15)3-19-4-6(2)8(12)10(16,17)18/h5-8H,3-4H2,1-2H3. The Labute approximate surface area is 104 Å². The van der Waals surface area contributed by atoms with E-state index in [1.165, 1.54) is 0 Å². The van der Waals surface area contributed by atoms with Gasteiger partial charge in [0.1, 0.15) is 0 Å². The molecule has 1 nitrogen and oxygen atoms in total. The van der Waals surface area contributed by atoms with Gasteiger partial charge in [0, 0.05) is 11.8 Å². The van der Waals surface area contributed by atoms with Crippen molar-refractivity contribution in [2.75, 3.05) is 13.2 Å². The lowest BCUT2D eigenvalue weighted by molar-refractivity contribution is -0.204. The molecule has 19 heavy (non-hydrogen) atoms. The van der Waals surface area contributed by atoms with Crippen LogP contribution in [0.4, 0.5) is 35.1 Å². The van der Waals surface area contributed by atoms with E-state index < -0.39 is 49.7 Å². The van der Waals surface area contributed by atoms with Gasteiger partial charge in [-0.25, -0.2) is 8.78 Å². The van der Waals surface area contributed by atoms with E-state index in [9.17, 15) is 35.1 Å². The third kappa shape index (κ3) is 6.40. The number of ether oxygens (including phenoxy) is 1. The van der Waals surface area contributed by atoms with E-state index in [0.29, 0.717) is 0 Å². The highest BCUT2D eigenvalue weighted by Gasteiger charge is 2.45. The summed E-state index contributed by atoms with van der Waals surface area (Å²) in [5, 5.41) is 0. The molecule has 0 aliphatic heterocycles. The summed E-state index contributed by atoms with van der Waals surface area (Å²) >= 11 is 0. The number of hydrogen-bond acceptors (Lipinski definition) is 1. The van der Waals surface area contributed by atoms with Gasteiger partial charge in [0.25, 0.3) is 0 Å². The van der Waals surface area contributed by atoms with Crippen molar-refractivity contribution < 1.29 is 39.9 Å². The number of hydrogen-bond donors (Lipinski definition) is 0. The topological polar surface area (TPSA) is 9.23 Å². The van der Waals surface area contributed by atoms with E-state index in [2.05, 4.69) is 4.74 Å². The molecule has 4 unspecified atom stereocenters. The smallest absolute Gasteiger partial charge is 0.381 e. The van der Waals surface area contributed by atoms with Crippen molar-refractivity contribution in [1.82, 2.24) is 0 Å². The third-order valence-corrected chi connectivity index (χ3v) is 2.39. The second-order valence-corrected chi connectivity index (χ2v) is 4.38. The molecule has 0 aliphatic carbocycles. The van der Waals surface area contributed by atoms with Crippen molar-refractivity contribution in [3.05, 3.63) is 0 Å². The van der Waals surface area contributed by atoms with E-state index in [4.69, 9.17) is 0 Å². The van der Waals surface area contributed by atoms with Gasteiger partial charge < -0.3 is 4.74 Å². The summed E-state index contributed by atoms with van der Waals surface area (Å²) in [5.74, 6) is -3.15. The Morgan fingerprint density at radius 3 is 1.21 bits per heavy atom. The monoisotopic (exact) mass is 302 g/mol. The van der Waals surface area contributed by atoms with Gasteiger partial charge in [-0.3, -0.25) is 0 Å². The van der Waals surface area contributed by atoms with Gasteiger partial charge in [-0.05, 0) is 0 Å². The lowest BCUT2D eigenvalue weighted by Crippen LogP contribution is -2.35. The molecule has 0 saturated carbocycles.